The molecule has 0 unspecified atom stereocenters. The number of likely N-dealkylation sites (tertiary alicyclic amines) is 1. The lowest BCUT2D eigenvalue weighted by Crippen LogP contribution is -2.67. The smallest absolute Gasteiger partial charge is 0.321 e. The molecule has 0 aromatic carbocycles. The monoisotopic (exact) mass is 433 g/mol. The van der Waals surface area contributed by atoms with Gasteiger partial charge in [-0.1, -0.05) is 0 Å². The molecule has 1 aliphatic heterocycles. The second-order valence-corrected chi connectivity index (χ2v) is 9.78. The van der Waals surface area contributed by atoms with Gasteiger partial charge in [-0.2, -0.15) is 5.10 Å². The number of nitrogens with zero attached hydrogens (tertiary/aromatic N) is 6. The lowest BCUT2D eigenvalue weighted by molar-refractivity contribution is -0.0787. The number of nitrogens with one attached hydrogen (secondary N) is 1. The summed E-state index contributed by atoms with van der Waals surface area (Å²) in [7, 11) is 3.77. The predicted octanol–water partition coefficient (Wildman–Crippen LogP) is 2.71. The summed E-state index contributed by atoms with van der Waals surface area (Å²) in [4.78, 5) is 33.7. The fraction of sp³-hybridized carbons (Fsp3) is 0.478. The van der Waals surface area contributed by atoms with E-state index in [2.05, 4.69) is 15.4 Å². The van der Waals surface area contributed by atoms with Crippen LogP contribution in [0, 0.1) is 5.41 Å². The molecule has 3 aromatic heterocycles. The zero-order chi connectivity index (χ0) is 22.0. The van der Waals surface area contributed by atoms with E-state index >= 15 is 0 Å². The van der Waals surface area contributed by atoms with Gasteiger partial charge in [-0.3, -0.25) is 9.78 Å². The topological polar surface area (TPSA) is 87.8 Å². The number of urea groups is 1. The van der Waals surface area contributed by atoms with Gasteiger partial charge < -0.3 is 19.7 Å². The molecule has 1 spiro atoms. The number of pyridine rings is 1. The minimum atomic E-state index is -0.0992. The van der Waals surface area contributed by atoms with Crippen molar-refractivity contribution < 1.29 is 9.59 Å². The molecule has 6 rings (SSSR count). The van der Waals surface area contributed by atoms with Crippen LogP contribution in [0.3, 0.4) is 0 Å². The van der Waals surface area contributed by atoms with Crippen molar-refractivity contribution in [2.45, 2.75) is 37.6 Å². The second kappa shape index (κ2) is 6.82. The largest absolute Gasteiger partial charge is 0.337 e. The van der Waals surface area contributed by atoms with E-state index in [-0.39, 0.29) is 23.4 Å². The van der Waals surface area contributed by atoms with Gasteiger partial charge in [-0.25, -0.2) is 9.31 Å². The zero-order valence-corrected chi connectivity index (χ0v) is 18.4. The molecule has 3 amide bonds. The summed E-state index contributed by atoms with van der Waals surface area (Å²) in [6.45, 7) is 1.49. The van der Waals surface area contributed by atoms with Crippen molar-refractivity contribution in [3.63, 3.8) is 0 Å². The summed E-state index contributed by atoms with van der Waals surface area (Å²) in [5, 5.41) is 7.26. The first kappa shape index (κ1) is 19.3. The number of carbonyl (C=O) groups is 2. The Morgan fingerprint density at radius 1 is 1.16 bits per heavy atom. The minimum absolute atomic E-state index is 0.0324. The standard InChI is InChI=1S/C23H27N7O2/c1-27-5-6-30-20(27)19(12-25-30)21(31)29-13-23(14-29)8-18(9-23)28(2)22(32)26-17-7-16(10-24-11-17)15-3-4-15/h5-7,10-12,15,18H,3-4,8-9,13-14H2,1-2H3,(H,26,32). The van der Waals surface area contributed by atoms with Gasteiger partial charge >= 0.3 is 6.03 Å². The molecule has 0 bridgehead atoms. The van der Waals surface area contributed by atoms with Gasteiger partial charge in [0.1, 0.15) is 11.2 Å². The number of imidazole rings is 1. The van der Waals surface area contributed by atoms with Crippen molar-refractivity contribution in [1.29, 1.82) is 0 Å². The minimum Gasteiger partial charge on any atom is -0.337 e. The van der Waals surface area contributed by atoms with Gasteiger partial charge in [0.05, 0.1) is 18.1 Å². The Kier molecular flexibility index (Phi) is 4.12. The third kappa shape index (κ3) is 3.06. The quantitative estimate of drug-likeness (QED) is 0.685. The van der Waals surface area contributed by atoms with E-state index < -0.39 is 0 Å². The molecule has 9 heteroatoms. The van der Waals surface area contributed by atoms with E-state index in [9.17, 15) is 9.59 Å². The summed E-state index contributed by atoms with van der Waals surface area (Å²) in [6, 6.07) is 2.13. The average Bonchev–Trinajstić information content (AvgIpc) is 3.39. The molecule has 32 heavy (non-hydrogen) atoms. The molecule has 3 fully saturated rings. The van der Waals surface area contributed by atoms with Crippen LogP contribution in [-0.4, -0.2) is 67.1 Å². The predicted molar refractivity (Wildman–Crippen MR) is 119 cm³/mol. The van der Waals surface area contributed by atoms with Crippen LogP contribution in [0.25, 0.3) is 5.65 Å². The zero-order valence-electron chi connectivity index (χ0n) is 18.4. The molecule has 1 saturated heterocycles. The van der Waals surface area contributed by atoms with Crippen LogP contribution in [0.2, 0.25) is 0 Å². The Morgan fingerprint density at radius 2 is 1.94 bits per heavy atom. The van der Waals surface area contributed by atoms with Gasteiger partial charge in [0.15, 0.2) is 0 Å². The fourth-order valence-electron chi connectivity index (χ4n) is 5.29. The Balaban J connectivity index is 1.03. The number of aryl methyl sites for hydroxylation is 1. The Bertz CT molecular complexity index is 1210. The van der Waals surface area contributed by atoms with E-state index in [0.29, 0.717) is 11.5 Å². The molecule has 3 aliphatic rings. The van der Waals surface area contributed by atoms with Crippen LogP contribution in [0.15, 0.2) is 37.1 Å². The van der Waals surface area contributed by atoms with E-state index in [1.54, 1.807) is 21.8 Å². The van der Waals surface area contributed by atoms with Crippen molar-refractivity contribution in [1.82, 2.24) is 29.0 Å². The first-order chi connectivity index (χ1) is 15.4. The molecule has 0 atom stereocenters. The summed E-state index contributed by atoms with van der Waals surface area (Å²) < 4.78 is 3.64. The van der Waals surface area contributed by atoms with Crippen LogP contribution in [0.5, 0.6) is 0 Å². The molecule has 2 saturated carbocycles. The number of anilines is 1. The first-order valence-corrected chi connectivity index (χ1v) is 11.2. The van der Waals surface area contributed by atoms with Crippen LogP contribution in [-0.2, 0) is 7.05 Å². The number of hydrogen-bond acceptors (Lipinski definition) is 4. The lowest BCUT2D eigenvalue weighted by Gasteiger charge is -2.60. The molecular formula is C23H27N7O2. The third-order valence-electron chi connectivity index (χ3n) is 7.37. The van der Waals surface area contributed by atoms with Gasteiger partial charge in [0.25, 0.3) is 5.91 Å². The molecule has 1 N–H and O–H groups in total. The second-order valence-electron chi connectivity index (χ2n) is 9.78. The van der Waals surface area contributed by atoms with E-state index in [1.807, 2.05) is 48.2 Å². The maximum absolute atomic E-state index is 13.0. The molecular weight excluding hydrogens is 406 g/mol. The molecule has 166 valence electrons. The average molecular weight is 434 g/mol. The maximum Gasteiger partial charge on any atom is 0.321 e. The molecule has 2 aliphatic carbocycles. The summed E-state index contributed by atoms with van der Waals surface area (Å²) in [5.74, 6) is 0.637. The van der Waals surface area contributed by atoms with Gasteiger partial charge in [-0.05, 0) is 43.2 Å². The van der Waals surface area contributed by atoms with Crippen LogP contribution in [0.1, 0.15) is 47.5 Å². The molecule has 0 radical (unpaired) electrons. The van der Waals surface area contributed by atoms with Gasteiger partial charge in [0, 0.05) is 57.2 Å². The molecule has 4 heterocycles. The summed E-state index contributed by atoms with van der Waals surface area (Å²) in [6.07, 6.45) is 13.3. The number of aromatic nitrogens is 4. The van der Waals surface area contributed by atoms with Crippen LogP contribution >= 0.6 is 0 Å². The van der Waals surface area contributed by atoms with Crippen LogP contribution in [0.4, 0.5) is 10.5 Å². The number of amides is 3. The maximum atomic E-state index is 13.0. The number of hydrogen-bond donors (Lipinski definition) is 1. The highest BCUT2D eigenvalue weighted by molar-refractivity contribution is 6.00. The van der Waals surface area contributed by atoms with E-state index in [4.69, 9.17) is 0 Å². The lowest BCUT2D eigenvalue weighted by atomic mass is 9.60. The Hall–Kier alpha value is -3.36. The third-order valence-corrected chi connectivity index (χ3v) is 7.37. The van der Waals surface area contributed by atoms with Gasteiger partial charge in [-0.15, -0.1) is 0 Å². The van der Waals surface area contributed by atoms with E-state index in [1.165, 1.54) is 18.4 Å². The molecule has 9 nitrogen and oxygen atoms in total. The molecule has 3 aromatic rings. The highest BCUT2D eigenvalue weighted by Gasteiger charge is 2.55. The van der Waals surface area contributed by atoms with Crippen molar-refractivity contribution in [2.24, 2.45) is 12.5 Å². The number of carbonyl (C=O) groups excluding carboxylic acids is 2. The number of rotatable bonds is 4. The highest BCUT2D eigenvalue weighted by Crippen LogP contribution is 2.50. The van der Waals surface area contributed by atoms with Gasteiger partial charge in [0.2, 0.25) is 0 Å². The normalized spacial score (nSPS) is 19.6. The van der Waals surface area contributed by atoms with Crippen molar-refractivity contribution in [3.05, 3.63) is 48.2 Å². The van der Waals surface area contributed by atoms with Crippen LogP contribution < -0.4 is 5.32 Å². The first-order valence-electron chi connectivity index (χ1n) is 11.2. The highest BCUT2D eigenvalue weighted by atomic mass is 16.2. The Labute approximate surface area is 186 Å². The fourth-order valence-corrected chi connectivity index (χ4v) is 5.29. The van der Waals surface area contributed by atoms with Crippen molar-refractivity contribution in [3.8, 4) is 0 Å². The summed E-state index contributed by atoms with van der Waals surface area (Å²) in [5.41, 5.74) is 3.57. The van der Waals surface area contributed by atoms with E-state index in [0.717, 1.165) is 37.3 Å². The van der Waals surface area contributed by atoms with Crippen molar-refractivity contribution >= 4 is 23.3 Å². The Morgan fingerprint density at radius 3 is 2.69 bits per heavy atom. The summed E-state index contributed by atoms with van der Waals surface area (Å²) >= 11 is 0. The number of fused-ring (bicyclic) bond motifs is 1. The SMILES string of the molecule is CN(C(=O)Nc1cncc(C2CC2)c1)C1CC2(C1)CN(C(=O)c1cnn3ccn(C)c13)C2. The van der Waals surface area contributed by atoms with Crippen molar-refractivity contribution in [2.75, 3.05) is 25.5 Å².